The monoisotopic (exact) mass is 300 g/mol. The van der Waals surface area contributed by atoms with Crippen LogP contribution in [0.4, 0.5) is 13.2 Å². The van der Waals surface area contributed by atoms with Crippen molar-refractivity contribution in [1.29, 1.82) is 0 Å². The minimum absolute atomic E-state index is 0.0193. The van der Waals surface area contributed by atoms with Gasteiger partial charge in [-0.1, -0.05) is 6.08 Å². The van der Waals surface area contributed by atoms with Crippen molar-refractivity contribution < 1.29 is 22.6 Å². The van der Waals surface area contributed by atoms with Crippen LogP contribution in [0.5, 0.6) is 5.88 Å². The highest BCUT2D eigenvalue weighted by molar-refractivity contribution is 5.67. The van der Waals surface area contributed by atoms with E-state index in [9.17, 15) is 13.2 Å². The molecule has 4 nitrogen and oxygen atoms in total. The molecule has 21 heavy (non-hydrogen) atoms. The fraction of sp³-hybridized carbons (Fsp3) is 0.500. The summed E-state index contributed by atoms with van der Waals surface area (Å²) in [5, 5.41) is 3.43. The first kappa shape index (κ1) is 14.3. The van der Waals surface area contributed by atoms with Crippen LogP contribution in [0.25, 0.3) is 5.57 Å². The summed E-state index contributed by atoms with van der Waals surface area (Å²) in [6.07, 6.45) is 0.110. The van der Waals surface area contributed by atoms with Crippen molar-refractivity contribution in [2.75, 3.05) is 19.8 Å². The largest absolute Gasteiger partial charge is 0.468 e. The van der Waals surface area contributed by atoms with Gasteiger partial charge in [0.25, 0.3) is 0 Å². The van der Waals surface area contributed by atoms with Crippen LogP contribution in [-0.4, -0.2) is 43.1 Å². The van der Waals surface area contributed by atoms with E-state index in [-0.39, 0.29) is 18.0 Å². The van der Waals surface area contributed by atoms with Gasteiger partial charge in [-0.25, -0.2) is 4.98 Å². The van der Waals surface area contributed by atoms with E-state index in [1.54, 1.807) is 12.3 Å². The number of nitrogens with zero attached hydrogens (tertiary/aromatic N) is 1. The molecule has 2 aliphatic heterocycles. The first-order valence-electron chi connectivity index (χ1n) is 6.70. The van der Waals surface area contributed by atoms with Gasteiger partial charge in [-0.2, -0.15) is 13.2 Å². The average Bonchev–Trinajstić information content (AvgIpc) is 2.44. The minimum Gasteiger partial charge on any atom is -0.468 e. The Morgan fingerprint density at radius 2 is 2.19 bits per heavy atom. The highest BCUT2D eigenvalue weighted by atomic mass is 19.4. The molecule has 0 radical (unpaired) electrons. The van der Waals surface area contributed by atoms with Crippen LogP contribution < -0.4 is 10.1 Å². The maximum atomic E-state index is 12.1. The Hall–Kier alpha value is -1.60. The van der Waals surface area contributed by atoms with Gasteiger partial charge in [-0.05, 0) is 23.6 Å². The van der Waals surface area contributed by atoms with E-state index in [1.807, 2.05) is 0 Å². The zero-order chi connectivity index (χ0) is 14.9. The molecular weight excluding hydrogens is 285 g/mol. The number of ether oxygens (including phenoxy) is 2. The second-order valence-electron chi connectivity index (χ2n) is 5.19. The van der Waals surface area contributed by atoms with E-state index < -0.39 is 12.8 Å². The fourth-order valence-corrected chi connectivity index (χ4v) is 2.55. The SMILES string of the molecule is FC(F)(F)COc1ccc(C2=CC3COCC(C2)N3)cn1. The third kappa shape index (κ3) is 3.74. The molecule has 2 atom stereocenters. The number of morpholine rings is 1. The van der Waals surface area contributed by atoms with E-state index in [4.69, 9.17) is 4.74 Å². The Morgan fingerprint density at radius 3 is 2.86 bits per heavy atom. The fourth-order valence-electron chi connectivity index (χ4n) is 2.55. The van der Waals surface area contributed by atoms with E-state index in [0.717, 1.165) is 17.6 Å². The second-order valence-corrected chi connectivity index (χ2v) is 5.19. The van der Waals surface area contributed by atoms with Crippen LogP contribution in [0.3, 0.4) is 0 Å². The van der Waals surface area contributed by atoms with Crippen molar-refractivity contribution >= 4 is 5.57 Å². The molecule has 3 rings (SSSR count). The van der Waals surface area contributed by atoms with E-state index in [2.05, 4.69) is 21.1 Å². The number of alkyl halides is 3. The van der Waals surface area contributed by atoms with Crippen LogP contribution in [0.15, 0.2) is 24.4 Å². The van der Waals surface area contributed by atoms with Crippen LogP contribution >= 0.6 is 0 Å². The van der Waals surface area contributed by atoms with Gasteiger partial charge < -0.3 is 14.8 Å². The molecule has 3 heterocycles. The molecule has 0 aliphatic carbocycles. The van der Waals surface area contributed by atoms with Gasteiger partial charge in [0.15, 0.2) is 6.61 Å². The molecule has 2 bridgehead atoms. The lowest BCUT2D eigenvalue weighted by atomic mass is 9.92. The third-order valence-electron chi connectivity index (χ3n) is 3.43. The smallest absolute Gasteiger partial charge is 0.422 e. The quantitative estimate of drug-likeness (QED) is 0.929. The molecule has 114 valence electrons. The molecular formula is C14H15F3N2O2. The maximum Gasteiger partial charge on any atom is 0.422 e. The minimum atomic E-state index is -4.35. The molecule has 2 aliphatic rings. The molecule has 1 fully saturated rings. The molecule has 2 unspecified atom stereocenters. The number of hydrogen-bond acceptors (Lipinski definition) is 4. The zero-order valence-electron chi connectivity index (χ0n) is 11.2. The normalized spacial score (nSPS) is 25.4. The van der Waals surface area contributed by atoms with Gasteiger partial charge in [-0.3, -0.25) is 0 Å². The standard InChI is InChI=1S/C14H15F3N2O2/c15-14(16,17)8-21-13-2-1-9(5-18-13)10-3-11-6-20-7-12(4-10)19-11/h1-3,5,11-12,19H,4,6-8H2. The van der Waals surface area contributed by atoms with Crippen LogP contribution in [0, 0.1) is 0 Å². The summed E-state index contributed by atoms with van der Waals surface area (Å²) in [7, 11) is 0. The molecule has 0 aromatic carbocycles. The Balaban J connectivity index is 1.68. The van der Waals surface area contributed by atoms with E-state index in [0.29, 0.717) is 13.2 Å². The number of pyridine rings is 1. The second kappa shape index (κ2) is 5.65. The number of fused-ring (bicyclic) bond motifs is 2. The summed E-state index contributed by atoms with van der Waals surface area (Å²) < 4.78 is 46.2. The number of rotatable bonds is 3. The van der Waals surface area contributed by atoms with Gasteiger partial charge in [0.05, 0.1) is 13.2 Å². The Bertz CT molecular complexity index is 528. The summed E-state index contributed by atoms with van der Waals surface area (Å²) in [6.45, 7) is -0.0122. The van der Waals surface area contributed by atoms with Gasteiger partial charge in [-0.15, -0.1) is 0 Å². The molecule has 1 saturated heterocycles. The maximum absolute atomic E-state index is 12.1. The van der Waals surface area contributed by atoms with Crippen LogP contribution in [-0.2, 0) is 4.74 Å². The number of aromatic nitrogens is 1. The molecule has 7 heteroatoms. The van der Waals surface area contributed by atoms with Crippen molar-refractivity contribution in [1.82, 2.24) is 10.3 Å². The molecule has 1 aromatic rings. The average molecular weight is 300 g/mol. The zero-order valence-corrected chi connectivity index (χ0v) is 11.2. The van der Waals surface area contributed by atoms with Crippen molar-refractivity contribution in [2.45, 2.75) is 24.7 Å². The highest BCUT2D eigenvalue weighted by Crippen LogP contribution is 2.27. The van der Waals surface area contributed by atoms with Crippen LogP contribution in [0.1, 0.15) is 12.0 Å². The first-order valence-corrected chi connectivity index (χ1v) is 6.70. The van der Waals surface area contributed by atoms with Gasteiger partial charge in [0.1, 0.15) is 0 Å². The van der Waals surface area contributed by atoms with Crippen molar-refractivity contribution in [3.8, 4) is 5.88 Å². The lowest BCUT2D eigenvalue weighted by Crippen LogP contribution is -2.50. The third-order valence-corrected chi connectivity index (χ3v) is 3.43. The number of halogens is 3. The Morgan fingerprint density at radius 1 is 1.33 bits per heavy atom. The molecule has 0 saturated carbocycles. The summed E-state index contributed by atoms with van der Waals surface area (Å²) in [5.74, 6) is -0.0193. The molecule has 0 spiro atoms. The van der Waals surface area contributed by atoms with Crippen molar-refractivity contribution in [3.63, 3.8) is 0 Å². The van der Waals surface area contributed by atoms with Crippen LogP contribution in [0.2, 0.25) is 0 Å². The summed E-state index contributed by atoms with van der Waals surface area (Å²) in [5.41, 5.74) is 2.05. The summed E-state index contributed by atoms with van der Waals surface area (Å²) in [4.78, 5) is 3.94. The van der Waals surface area contributed by atoms with E-state index in [1.165, 1.54) is 6.07 Å². The Labute approximate surface area is 120 Å². The molecule has 0 amide bonds. The lowest BCUT2D eigenvalue weighted by molar-refractivity contribution is -0.154. The number of hydrogen-bond donors (Lipinski definition) is 1. The predicted molar refractivity (Wildman–Crippen MR) is 69.9 cm³/mol. The topological polar surface area (TPSA) is 43.4 Å². The highest BCUT2D eigenvalue weighted by Gasteiger charge is 2.29. The number of nitrogens with one attached hydrogen (secondary N) is 1. The van der Waals surface area contributed by atoms with Gasteiger partial charge >= 0.3 is 6.18 Å². The van der Waals surface area contributed by atoms with Crippen molar-refractivity contribution in [3.05, 3.63) is 30.0 Å². The molecule has 1 aromatic heterocycles. The van der Waals surface area contributed by atoms with Gasteiger partial charge in [0, 0.05) is 24.3 Å². The predicted octanol–water partition coefficient (Wildman–Crippen LogP) is 2.17. The van der Waals surface area contributed by atoms with Gasteiger partial charge in [0.2, 0.25) is 5.88 Å². The van der Waals surface area contributed by atoms with Crippen molar-refractivity contribution in [2.24, 2.45) is 0 Å². The summed E-state index contributed by atoms with van der Waals surface area (Å²) in [6, 6.07) is 3.68. The summed E-state index contributed by atoms with van der Waals surface area (Å²) >= 11 is 0. The first-order chi connectivity index (χ1) is 9.99. The Kier molecular flexibility index (Phi) is 3.86. The molecule has 1 N–H and O–H groups in total. The lowest BCUT2D eigenvalue weighted by Gasteiger charge is -2.35. The van der Waals surface area contributed by atoms with E-state index >= 15 is 0 Å².